The minimum atomic E-state index is -3.62. The van der Waals surface area contributed by atoms with Crippen LogP contribution < -0.4 is 10.0 Å². The Morgan fingerprint density at radius 3 is 2.61 bits per heavy atom. The van der Waals surface area contributed by atoms with E-state index in [4.69, 9.17) is 0 Å². The average Bonchev–Trinajstić information content (AvgIpc) is 2.62. The highest BCUT2D eigenvalue weighted by Gasteiger charge is 2.27. The lowest BCUT2D eigenvalue weighted by atomic mass is 10.3. The number of rotatable bonds is 3. The maximum Gasteiger partial charge on any atom is 0.242 e. The molecule has 1 aliphatic rings. The Labute approximate surface area is 122 Å². The van der Waals surface area contributed by atoms with E-state index in [-0.39, 0.29) is 17.2 Å². The summed E-state index contributed by atoms with van der Waals surface area (Å²) >= 11 is 6.47. The number of hydrogen-bond donors (Lipinski definition) is 2. The summed E-state index contributed by atoms with van der Waals surface area (Å²) in [5.41, 5.74) is 0. The normalized spacial score (nSPS) is 19.9. The summed E-state index contributed by atoms with van der Waals surface area (Å²) in [6, 6.07) is 4.42. The number of carbonyl (C=O) groups excluding carboxylic acids is 1. The summed E-state index contributed by atoms with van der Waals surface area (Å²) in [6.45, 7) is 0.326. The van der Waals surface area contributed by atoms with Crippen molar-refractivity contribution in [2.45, 2.75) is 17.4 Å². The third-order valence-electron chi connectivity index (χ3n) is 2.48. The van der Waals surface area contributed by atoms with E-state index in [0.717, 1.165) is 4.47 Å². The smallest absolute Gasteiger partial charge is 0.242 e. The number of sulfonamides is 1. The molecule has 0 bridgehead atoms. The molecule has 1 saturated heterocycles. The third-order valence-corrected chi connectivity index (χ3v) is 5.47. The summed E-state index contributed by atoms with van der Waals surface area (Å²) in [4.78, 5) is 11.2. The van der Waals surface area contributed by atoms with Gasteiger partial charge in [0, 0.05) is 28.0 Å². The molecule has 0 aliphatic carbocycles. The van der Waals surface area contributed by atoms with Gasteiger partial charge in [-0.2, -0.15) is 0 Å². The summed E-state index contributed by atoms with van der Waals surface area (Å²) in [7, 11) is -3.62. The molecule has 1 unspecified atom stereocenters. The van der Waals surface area contributed by atoms with Crippen molar-refractivity contribution < 1.29 is 13.2 Å². The van der Waals surface area contributed by atoms with Crippen LogP contribution in [-0.4, -0.2) is 26.9 Å². The first-order chi connectivity index (χ1) is 8.38. The van der Waals surface area contributed by atoms with Crippen LogP contribution in [0.25, 0.3) is 0 Å². The number of hydrogen-bond acceptors (Lipinski definition) is 3. The van der Waals surface area contributed by atoms with Gasteiger partial charge in [0.2, 0.25) is 15.9 Å². The highest BCUT2D eigenvalue weighted by Crippen LogP contribution is 2.26. The van der Waals surface area contributed by atoms with Gasteiger partial charge in [-0.1, -0.05) is 15.9 Å². The van der Waals surface area contributed by atoms with Crippen molar-refractivity contribution in [3.8, 4) is 0 Å². The predicted octanol–water partition coefficient (Wildman–Crippen LogP) is 1.38. The minimum absolute atomic E-state index is 0.141. The molecule has 8 heteroatoms. The van der Waals surface area contributed by atoms with E-state index in [1.165, 1.54) is 6.07 Å². The molecule has 0 aromatic heterocycles. The molecule has 0 spiro atoms. The lowest BCUT2D eigenvalue weighted by Gasteiger charge is -2.12. The van der Waals surface area contributed by atoms with E-state index in [0.29, 0.717) is 11.0 Å². The van der Waals surface area contributed by atoms with E-state index >= 15 is 0 Å². The zero-order valence-electron chi connectivity index (χ0n) is 9.11. The minimum Gasteiger partial charge on any atom is -0.354 e. The Morgan fingerprint density at radius 2 is 2.06 bits per heavy atom. The molecule has 1 fully saturated rings. The van der Waals surface area contributed by atoms with Crippen molar-refractivity contribution in [3.05, 3.63) is 27.1 Å². The number of nitrogens with one attached hydrogen (secondary N) is 2. The fourth-order valence-corrected chi connectivity index (χ4v) is 4.65. The van der Waals surface area contributed by atoms with E-state index in [2.05, 4.69) is 41.9 Å². The lowest BCUT2D eigenvalue weighted by molar-refractivity contribution is -0.119. The average molecular weight is 398 g/mol. The van der Waals surface area contributed by atoms with Gasteiger partial charge in [0.05, 0.1) is 4.90 Å². The van der Waals surface area contributed by atoms with Gasteiger partial charge in [-0.3, -0.25) is 4.79 Å². The SMILES string of the molecule is O=C1CC(NS(=O)(=O)c2ccc(Br)cc2Br)CN1. The molecule has 1 aromatic rings. The number of carbonyl (C=O) groups is 1. The number of amides is 1. The second kappa shape index (κ2) is 5.28. The van der Waals surface area contributed by atoms with Crippen molar-refractivity contribution >= 4 is 47.8 Å². The first-order valence-electron chi connectivity index (χ1n) is 5.12. The Bertz CT molecular complexity index is 589. The maximum absolute atomic E-state index is 12.1. The van der Waals surface area contributed by atoms with Crippen LogP contribution in [0.3, 0.4) is 0 Å². The molecule has 1 amide bonds. The van der Waals surface area contributed by atoms with Crippen molar-refractivity contribution in [1.29, 1.82) is 0 Å². The molecule has 1 aliphatic heterocycles. The van der Waals surface area contributed by atoms with E-state index in [1.54, 1.807) is 12.1 Å². The number of benzene rings is 1. The zero-order valence-corrected chi connectivity index (χ0v) is 13.1. The van der Waals surface area contributed by atoms with Crippen molar-refractivity contribution in [2.24, 2.45) is 0 Å². The molecule has 0 radical (unpaired) electrons. The molecular weight excluding hydrogens is 388 g/mol. The molecule has 5 nitrogen and oxygen atoms in total. The maximum atomic E-state index is 12.1. The summed E-state index contributed by atoms with van der Waals surface area (Å²) in [5, 5.41) is 2.58. The highest BCUT2D eigenvalue weighted by molar-refractivity contribution is 9.11. The van der Waals surface area contributed by atoms with Crippen LogP contribution in [0.2, 0.25) is 0 Å². The van der Waals surface area contributed by atoms with E-state index in [1.807, 2.05) is 0 Å². The largest absolute Gasteiger partial charge is 0.354 e. The van der Waals surface area contributed by atoms with Crippen LogP contribution in [0.1, 0.15) is 6.42 Å². The van der Waals surface area contributed by atoms with Gasteiger partial charge in [-0.25, -0.2) is 13.1 Å². The van der Waals surface area contributed by atoms with Crippen molar-refractivity contribution in [3.63, 3.8) is 0 Å². The molecule has 1 aromatic carbocycles. The molecular formula is C10H10Br2N2O3S. The van der Waals surface area contributed by atoms with Crippen molar-refractivity contribution in [1.82, 2.24) is 10.0 Å². The summed E-state index contributed by atoms with van der Waals surface area (Å²) < 4.78 is 28.0. The Kier molecular flexibility index (Phi) is 4.10. The molecule has 1 heterocycles. The summed E-state index contributed by atoms with van der Waals surface area (Å²) in [6.07, 6.45) is 0.174. The van der Waals surface area contributed by atoms with Crippen LogP contribution in [0.5, 0.6) is 0 Å². The fourth-order valence-electron chi connectivity index (χ4n) is 1.66. The topological polar surface area (TPSA) is 75.3 Å². The molecule has 2 rings (SSSR count). The lowest BCUT2D eigenvalue weighted by Crippen LogP contribution is -2.36. The monoisotopic (exact) mass is 396 g/mol. The van der Waals surface area contributed by atoms with Gasteiger partial charge in [-0.05, 0) is 34.1 Å². The third kappa shape index (κ3) is 3.11. The molecule has 18 heavy (non-hydrogen) atoms. The Morgan fingerprint density at radius 1 is 1.33 bits per heavy atom. The quantitative estimate of drug-likeness (QED) is 0.808. The van der Waals surface area contributed by atoms with Crippen LogP contribution in [-0.2, 0) is 14.8 Å². The van der Waals surface area contributed by atoms with E-state index in [9.17, 15) is 13.2 Å². The van der Waals surface area contributed by atoms with Crippen LogP contribution >= 0.6 is 31.9 Å². The van der Waals surface area contributed by atoms with Gasteiger partial charge < -0.3 is 5.32 Å². The van der Waals surface area contributed by atoms with Gasteiger partial charge >= 0.3 is 0 Å². The van der Waals surface area contributed by atoms with E-state index < -0.39 is 16.1 Å². The van der Waals surface area contributed by atoms with Crippen LogP contribution in [0.4, 0.5) is 0 Å². The first kappa shape index (κ1) is 14.0. The Balaban J connectivity index is 2.23. The van der Waals surface area contributed by atoms with Gasteiger partial charge in [0.25, 0.3) is 0 Å². The number of halogens is 2. The van der Waals surface area contributed by atoms with Gasteiger partial charge in [0.15, 0.2) is 0 Å². The standard InChI is InChI=1S/C10H10Br2N2O3S/c11-6-1-2-9(8(12)3-6)18(16,17)14-7-4-10(15)13-5-7/h1-3,7,14H,4-5H2,(H,13,15). The van der Waals surface area contributed by atoms with Crippen molar-refractivity contribution in [2.75, 3.05) is 6.54 Å². The first-order valence-corrected chi connectivity index (χ1v) is 8.19. The highest BCUT2D eigenvalue weighted by atomic mass is 79.9. The molecule has 0 saturated carbocycles. The van der Waals surface area contributed by atoms with Gasteiger partial charge in [0.1, 0.15) is 0 Å². The molecule has 98 valence electrons. The zero-order chi connectivity index (χ0) is 13.3. The fraction of sp³-hybridized carbons (Fsp3) is 0.300. The van der Waals surface area contributed by atoms with Crippen LogP contribution in [0.15, 0.2) is 32.0 Å². The predicted molar refractivity (Wildman–Crippen MR) is 73.6 cm³/mol. The molecule has 2 N–H and O–H groups in total. The second-order valence-electron chi connectivity index (χ2n) is 3.90. The Hall–Kier alpha value is -0.440. The van der Waals surface area contributed by atoms with Crippen LogP contribution in [0, 0.1) is 0 Å². The molecule has 1 atom stereocenters. The summed E-state index contributed by atoms with van der Waals surface area (Å²) in [5.74, 6) is -0.141. The van der Waals surface area contributed by atoms with Gasteiger partial charge in [-0.15, -0.1) is 0 Å². The second-order valence-corrected chi connectivity index (χ2v) is 7.35.